The Morgan fingerprint density at radius 1 is 1.03 bits per heavy atom. The molecule has 5 aromatic rings. The number of aryl methyl sites for hydroxylation is 1. The Morgan fingerprint density at radius 2 is 1.83 bits per heavy atom. The van der Waals surface area contributed by atoms with E-state index in [1.54, 1.807) is 6.07 Å². The molecular formula is C27H22N4O4. The quantitative estimate of drug-likeness (QED) is 0.365. The van der Waals surface area contributed by atoms with Gasteiger partial charge in [-0.1, -0.05) is 36.4 Å². The number of rotatable bonds is 5. The standard InChI is InChI=1S/C27H22N4O4/c1-15-28-23-9-5-8-21(26(32)34-2)24(23)31(15)17-12-13-19(22(14-17)16-10-11-16)18-6-3-4-7-20(18)25-29-27(33)35-30-25/h3-9,12-14,16H,10-11H2,1-2H3,(H,29,30,33). The third-order valence-electron chi connectivity index (χ3n) is 6.47. The molecule has 2 aromatic heterocycles. The molecule has 1 saturated carbocycles. The molecule has 1 fully saturated rings. The molecule has 0 aliphatic heterocycles. The van der Waals surface area contributed by atoms with Gasteiger partial charge in [-0.2, -0.15) is 10.1 Å². The van der Waals surface area contributed by atoms with Gasteiger partial charge in [0.2, 0.25) is 0 Å². The van der Waals surface area contributed by atoms with E-state index >= 15 is 0 Å². The maximum Gasteiger partial charge on any atom is 0.460 e. The summed E-state index contributed by atoms with van der Waals surface area (Å²) in [5, 5.41) is 2.63. The Kier molecular flexibility index (Phi) is 4.88. The molecule has 0 bridgehead atoms. The first-order chi connectivity index (χ1) is 17.0. The highest BCUT2D eigenvalue weighted by atomic mass is 16.5. The number of esters is 1. The summed E-state index contributed by atoms with van der Waals surface area (Å²) in [6.45, 7) is 1.93. The van der Waals surface area contributed by atoms with Gasteiger partial charge in [0.15, 0.2) is 5.82 Å². The number of para-hydroxylation sites is 1. The maximum atomic E-state index is 12.5. The van der Waals surface area contributed by atoms with E-state index in [1.807, 2.05) is 54.0 Å². The van der Waals surface area contributed by atoms with E-state index in [0.29, 0.717) is 17.3 Å². The highest BCUT2D eigenvalue weighted by Crippen LogP contribution is 2.46. The lowest BCUT2D eigenvalue weighted by atomic mass is 9.92. The van der Waals surface area contributed by atoms with Crippen LogP contribution in [0.4, 0.5) is 0 Å². The number of nitrogens with zero attached hydrogens (tertiary/aromatic N) is 3. The highest BCUT2D eigenvalue weighted by Gasteiger charge is 2.28. The van der Waals surface area contributed by atoms with E-state index < -0.39 is 11.7 Å². The highest BCUT2D eigenvalue weighted by molar-refractivity contribution is 6.03. The van der Waals surface area contributed by atoms with Crippen LogP contribution in [0.25, 0.3) is 39.2 Å². The van der Waals surface area contributed by atoms with Crippen LogP contribution in [-0.4, -0.2) is 32.8 Å². The maximum absolute atomic E-state index is 12.5. The lowest BCUT2D eigenvalue weighted by molar-refractivity contribution is 0.0602. The second kappa shape index (κ2) is 8.09. The molecule has 0 amide bonds. The topological polar surface area (TPSA) is 103 Å². The number of imidazole rings is 1. The van der Waals surface area contributed by atoms with Crippen LogP contribution in [0.3, 0.4) is 0 Å². The molecule has 2 heterocycles. The Morgan fingerprint density at radius 3 is 2.54 bits per heavy atom. The summed E-state index contributed by atoms with van der Waals surface area (Å²) in [6.07, 6.45) is 2.22. The molecule has 0 radical (unpaired) electrons. The smallest absolute Gasteiger partial charge is 0.460 e. The number of methoxy groups -OCH3 is 1. The van der Waals surface area contributed by atoms with Crippen LogP contribution in [0.5, 0.6) is 0 Å². The van der Waals surface area contributed by atoms with Crippen molar-refractivity contribution in [3.8, 4) is 28.2 Å². The number of nitrogens with one attached hydrogen (secondary N) is 1. The number of fused-ring (bicyclic) bond motifs is 1. The Labute approximate surface area is 200 Å². The molecule has 35 heavy (non-hydrogen) atoms. The number of hydrogen-bond donors (Lipinski definition) is 1. The molecule has 174 valence electrons. The number of carbonyl (C=O) groups is 1. The molecule has 1 N–H and O–H groups in total. The second-order valence-electron chi connectivity index (χ2n) is 8.68. The van der Waals surface area contributed by atoms with Gasteiger partial charge in [0, 0.05) is 11.3 Å². The molecule has 6 rings (SSSR count). The summed E-state index contributed by atoms with van der Waals surface area (Å²) in [4.78, 5) is 32.7. The molecule has 0 atom stereocenters. The monoisotopic (exact) mass is 466 g/mol. The van der Waals surface area contributed by atoms with E-state index in [4.69, 9.17) is 14.2 Å². The molecule has 8 heteroatoms. The summed E-state index contributed by atoms with van der Waals surface area (Å²) in [5.74, 6) is 0.564. The minimum Gasteiger partial charge on any atom is -0.465 e. The van der Waals surface area contributed by atoms with Gasteiger partial charge in [0.25, 0.3) is 0 Å². The van der Waals surface area contributed by atoms with Crippen molar-refractivity contribution in [2.45, 2.75) is 25.7 Å². The SMILES string of the molecule is COC(=O)c1cccc2nc(C)n(-c3ccc(-c4ccccc4-c4nc(=O)o[nH]4)c(C4CC4)c3)c12. The lowest BCUT2D eigenvalue weighted by Gasteiger charge is -2.16. The number of H-pyrrole nitrogens is 1. The Bertz CT molecular complexity index is 1660. The van der Waals surface area contributed by atoms with Gasteiger partial charge < -0.3 is 9.26 Å². The summed E-state index contributed by atoms with van der Waals surface area (Å²) < 4.78 is 11.9. The van der Waals surface area contributed by atoms with Gasteiger partial charge in [-0.25, -0.2) is 14.6 Å². The minimum absolute atomic E-state index is 0.397. The number of hydrogen-bond acceptors (Lipinski definition) is 6. The third-order valence-corrected chi connectivity index (χ3v) is 6.47. The normalized spacial score (nSPS) is 13.3. The fraction of sp³-hybridized carbons (Fsp3) is 0.185. The van der Waals surface area contributed by atoms with Gasteiger partial charge >= 0.3 is 11.7 Å². The molecule has 0 spiro atoms. The van der Waals surface area contributed by atoms with E-state index in [-0.39, 0.29) is 0 Å². The van der Waals surface area contributed by atoms with Crippen LogP contribution in [0, 0.1) is 6.92 Å². The fourth-order valence-electron chi connectivity index (χ4n) is 4.77. The van der Waals surface area contributed by atoms with Gasteiger partial charge in [-0.3, -0.25) is 4.57 Å². The van der Waals surface area contributed by atoms with Crippen molar-refractivity contribution in [1.29, 1.82) is 0 Å². The van der Waals surface area contributed by atoms with Crippen LogP contribution >= 0.6 is 0 Å². The Hall–Kier alpha value is -4.46. The lowest BCUT2D eigenvalue weighted by Crippen LogP contribution is -2.06. The average molecular weight is 466 g/mol. The molecule has 0 saturated heterocycles. The van der Waals surface area contributed by atoms with E-state index in [1.165, 1.54) is 12.7 Å². The van der Waals surface area contributed by atoms with Crippen molar-refractivity contribution in [2.75, 3.05) is 7.11 Å². The fourth-order valence-corrected chi connectivity index (χ4v) is 4.77. The number of aromatic amines is 1. The minimum atomic E-state index is -0.656. The van der Waals surface area contributed by atoms with E-state index in [0.717, 1.165) is 52.1 Å². The van der Waals surface area contributed by atoms with Crippen LogP contribution in [0.1, 0.15) is 40.5 Å². The zero-order valence-electron chi connectivity index (χ0n) is 19.2. The molecule has 0 unspecified atom stereocenters. The van der Waals surface area contributed by atoms with Gasteiger partial charge in [-0.15, -0.1) is 0 Å². The average Bonchev–Trinajstić information content (AvgIpc) is 3.55. The van der Waals surface area contributed by atoms with E-state index in [2.05, 4.69) is 22.3 Å². The van der Waals surface area contributed by atoms with Crippen molar-refractivity contribution >= 4 is 17.0 Å². The van der Waals surface area contributed by atoms with Gasteiger partial charge in [0.1, 0.15) is 5.82 Å². The van der Waals surface area contributed by atoms with Crippen LogP contribution in [0.15, 0.2) is 70.0 Å². The van der Waals surface area contributed by atoms with Crippen molar-refractivity contribution in [2.24, 2.45) is 0 Å². The van der Waals surface area contributed by atoms with Crippen molar-refractivity contribution in [3.63, 3.8) is 0 Å². The first kappa shape index (κ1) is 21.1. The number of aromatic nitrogens is 4. The van der Waals surface area contributed by atoms with Gasteiger partial charge in [-0.05, 0) is 66.6 Å². The van der Waals surface area contributed by atoms with Crippen LogP contribution in [0.2, 0.25) is 0 Å². The first-order valence-electron chi connectivity index (χ1n) is 11.4. The third kappa shape index (κ3) is 3.54. The van der Waals surface area contributed by atoms with Crippen molar-refractivity contribution in [3.05, 3.63) is 88.2 Å². The largest absolute Gasteiger partial charge is 0.465 e. The summed E-state index contributed by atoms with van der Waals surface area (Å²) in [6, 6.07) is 19.6. The van der Waals surface area contributed by atoms with Crippen LogP contribution in [-0.2, 0) is 4.74 Å². The number of ether oxygens (including phenoxy) is 1. The molecule has 1 aliphatic carbocycles. The zero-order valence-corrected chi connectivity index (χ0v) is 19.2. The number of carbonyl (C=O) groups excluding carboxylic acids is 1. The summed E-state index contributed by atoms with van der Waals surface area (Å²) in [7, 11) is 1.38. The van der Waals surface area contributed by atoms with Crippen molar-refractivity contribution < 1.29 is 14.1 Å². The zero-order chi connectivity index (χ0) is 24.1. The Balaban J connectivity index is 1.55. The second-order valence-corrected chi connectivity index (χ2v) is 8.68. The van der Waals surface area contributed by atoms with E-state index in [9.17, 15) is 9.59 Å². The molecular weight excluding hydrogens is 444 g/mol. The summed E-state index contributed by atoms with van der Waals surface area (Å²) >= 11 is 0. The summed E-state index contributed by atoms with van der Waals surface area (Å²) in [5.41, 5.74) is 6.92. The van der Waals surface area contributed by atoms with Crippen LogP contribution < -0.4 is 5.76 Å². The molecule has 1 aliphatic rings. The first-order valence-corrected chi connectivity index (χ1v) is 11.4. The predicted octanol–water partition coefficient (Wildman–Crippen LogP) is 5.01. The number of benzene rings is 3. The predicted molar refractivity (Wildman–Crippen MR) is 131 cm³/mol. The molecule has 8 nitrogen and oxygen atoms in total. The molecule has 3 aromatic carbocycles. The van der Waals surface area contributed by atoms with Crippen molar-refractivity contribution in [1.82, 2.24) is 19.7 Å². The van der Waals surface area contributed by atoms with Gasteiger partial charge in [0.05, 0.1) is 23.7 Å².